The molecule has 0 saturated carbocycles. The summed E-state index contributed by atoms with van der Waals surface area (Å²) in [5, 5.41) is 9.78. The van der Waals surface area contributed by atoms with Gasteiger partial charge in [0.2, 0.25) is 0 Å². The van der Waals surface area contributed by atoms with E-state index >= 15 is 0 Å². The highest BCUT2D eigenvalue weighted by Crippen LogP contribution is 2.43. The molecule has 3 unspecified atom stereocenters. The lowest BCUT2D eigenvalue weighted by Gasteiger charge is -2.21. The van der Waals surface area contributed by atoms with Crippen LogP contribution in [0.1, 0.15) is 252 Å². The van der Waals surface area contributed by atoms with Gasteiger partial charge in [-0.1, -0.05) is 211 Å². The molecule has 0 spiro atoms. The molecule has 0 heterocycles. The SMILES string of the molecule is CCC/C=C\C/C=C\CCCCCCCC(=O)OCC(COP(=O)(O)OCC(CO)OC(=O)CCCCCCC/C=C\C/C=C\CCC)OC(=O)CCCCCCCCCCCCCCCCC. The highest BCUT2D eigenvalue weighted by molar-refractivity contribution is 7.47. The Bertz CT molecular complexity index is 1330. The number of unbranched alkanes of at least 4 members (excludes halogenated alkanes) is 26. The molecule has 0 aliphatic heterocycles. The maximum Gasteiger partial charge on any atom is 0.472 e. The zero-order chi connectivity index (χ0) is 49.9. The fraction of sp³-hybridized carbons (Fsp3) is 0.804. The summed E-state index contributed by atoms with van der Waals surface area (Å²) in [7, 11) is -4.75. The van der Waals surface area contributed by atoms with Gasteiger partial charge in [-0.3, -0.25) is 23.4 Å². The monoisotopic (exact) mass is 981 g/mol. The van der Waals surface area contributed by atoms with Crippen molar-refractivity contribution in [1.82, 2.24) is 0 Å². The first-order valence-electron chi connectivity index (χ1n) is 27.5. The summed E-state index contributed by atoms with van der Waals surface area (Å²) in [6.07, 6.45) is 52.1. The van der Waals surface area contributed by atoms with Crippen LogP contribution >= 0.6 is 7.82 Å². The molecular weight excluding hydrogens is 880 g/mol. The maximum absolute atomic E-state index is 12.9. The minimum atomic E-state index is -4.75. The quantitative estimate of drug-likeness (QED) is 0.0197. The Morgan fingerprint density at radius 1 is 0.412 bits per heavy atom. The van der Waals surface area contributed by atoms with Crippen molar-refractivity contribution in [2.24, 2.45) is 0 Å². The smallest absolute Gasteiger partial charge is 0.462 e. The topological polar surface area (TPSA) is 155 Å². The molecule has 11 nitrogen and oxygen atoms in total. The number of esters is 3. The molecule has 0 aromatic carbocycles. The van der Waals surface area contributed by atoms with E-state index in [9.17, 15) is 28.9 Å². The summed E-state index contributed by atoms with van der Waals surface area (Å²) in [6, 6.07) is 0. The van der Waals surface area contributed by atoms with E-state index in [-0.39, 0.29) is 25.9 Å². The van der Waals surface area contributed by atoms with Gasteiger partial charge >= 0.3 is 25.7 Å². The molecule has 0 aromatic heterocycles. The first-order chi connectivity index (χ1) is 33.2. The molecule has 0 bridgehead atoms. The molecule has 12 heteroatoms. The molecule has 0 saturated heterocycles. The van der Waals surface area contributed by atoms with E-state index < -0.39 is 57.8 Å². The van der Waals surface area contributed by atoms with Crippen molar-refractivity contribution >= 4 is 25.7 Å². The van der Waals surface area contributed by atoms with Gasteiger partial charge in [0.05, 0.1) is 19.8 Å². The van der Waals surface area contributed by atoms with Gasteiger partial charge < -0.3 is 24.2 Å². The summed E-state index contributed by atoms with van der Waals surface area (Å²) in [4.78, 5) is 48.4. The lowest BCUT2D eigenvalue weighted by molar-refractivity contribution is -0.161. The maximum atomic E-state index is 12.9. The van der Waals surface area contributed by atoms with Crippen LogP contribution in [0.5, 0.6) is 0 Å². The molecule has 0 aliphatic carbocycles. The van der Waals surface area contributed by atoms with E-state index in [1.165, 1.54) is 83.5 Å². The number of hydrogen-bond acceptors (Lipinski definition) is 10. The number of aliphatic hydroxyl groups is 1. The number of carbonyl (C=O) groups is 3. The number of phosphoric acid groups is 1. The molecule has 3 atom stereocenters. The molecule has 396 valence electrons. The Kier molecular flexibility index (Phi) is 48.9. The van der Waals surface area contributed by atoms with Crippen LogP contribution in [0.25, 0.3) is 0 Å². The van der Waals surface area contributed by atoms with Crippen molar-refractivity contribution in [3.63, 3.8) is 0 Å². The van der Waals surface area contributed by atoms with E-state index in [1.54, 1.807) is 0 Å². The molecule has 0 amide bonds. The Morgan fingerprint density at radius 3 is 1.15 bits per heavy atom. The highest BCUT2D eigenvalue weighted by Gasteiger charge is 2.28. The number of ether oxygens (including phenoxy) is 3. The van der Waals surface area contributed by atoms with Crippen molar-refractivity contribution in [3.05, 3.63) is 48.6 Å². The van der Waals surface area contributed by atoms with Crippen LogP contribution in [-0.4, -0.2) is 66.5 Å². The summed E-state index contributed by atoms with van der Waals surface area (Å²) in [6.45, 7) is 4.50. The number of phosphoric ester groups is 1. The molecule has 68 heavy (non-hydrogen) atoms. The second-order valence-corrected chi connectivity index (χ2v) is 19.8. The minimum absolute atomic E-state index is 0.161. The lowest BCUT2D eigenvalue weighted by atomic mass is 10.0. The number of hydrogen-bond donors (Lipinski definition) is 2. The third-order valence-corrected chi connectivity index (χ3v) is 12.6. The Hall–Kier alpha value is -2.56. The Balaban J connectivity index is 4.73. The van der Waals surface area contributed by atoms with Crippen molar-refractivity contribution < 1.29 is 52.2 Å². The van der Waals surface area contributed by atoms with Crippen LogP contribution in [0.15, 0.2) is 48.6 Å². The summed E-state index contributed by atoms with van der Waals surface area (Å²) in [5.74, 6) is -1.48. The number of carbonyl (C=O) groups excluding carboxylic acids is 3. The normalized spacial score (nSPS) is 13.8. The van der Waals surface area contributed by atoms with Crippen molar-refractivity contribution in [3.8, 4) is 0 Å². The standard InChI is InChI=1S/C56H101O11P/c1-4-7-10-13-16-19-22-25-26-29-32-35-38-41-44-47-56(60)67-53(49-63-54(58)45-42-39-36-33-30-27-23-20-17-14-11-8-5-2)51-65-68(61,62)64-50-52(48-57)66-55(59)46-43-40-37-34-31-28-24-21-18-15-12-9-6-3/h11-12,14-15,20-21,23-24,52-53,57H,4-10,13,16-19,22,25-51H2,1-3H3,(H,61,62)/b14-11-,15-12-,23-20-,24-21-. The van der Waals surface area contributed by atoms with Crippen LogP contribution in [-0.2, 0) is 42.2 Å². The highest BCUT2D eigenvalue weighted by atomic mass is 31.2. The second kappa shape index (κ2) is 50.8. The van der Waals surface area contributed by atoms with Gasteiger partial charge in [0.25, 0.3) is 0 Å². The Morgan fingerprint density at radius 2 is 0.750 bits per heavy atom. The largest absolute Gasteiger partial charge is 0.472 e. The molecule has 0 radical (unpaired) electrons. The average molecular weight is 981 g/mol. The van der Waals surface area contributed by atoms with Crippen LogP contribution in [0.2, 0.25) is 0 Å². The summed E-state index contributed by atoms with van der Waals surface area (Å²) < 4.78 is 39.4. The Labute approximate surface area is 415 Å². The first-order valence-corrected chi connectivity index (χ1v) is 29.0. The van der Waals surface area contributed by atoms with Gasteiger partial charge in [-0.05, 0) is 70.6 Å². The first kappa shape index (κ1) is 65.4. The molecule has 0 aliphatic rings. The van der Waals surface area contributed by atoms with Crippen molar-refractivity contribution in [1.29, 1.82) is 0 Å². The molecular formula is C56H101O11P. The zero-order valence-corrected chi connectivity index (χ0v) is 44.5. The van der Waals surface area contributed by atoms with Gasteiger partial charge in [0.15, 0.2) is 6.10 Å². The number of aliphatic hydroxyl groups excluding tert-OH is 1. The summed E-state index contributed by atoms with van der Waals surface area (Å²) in [5.41, 5.74) is 0. The van der Waals surface area contributed by atoms with Crippen LogP contribution in [0.3, 0.4) is 0 Å². The minimum Gasteiger partial charge on any atom is -0.462 e. The summed E-state index contributed by atoms with van der Waals surface area (Å²) >= 11 is 0. The zero-order valence-electron chi connectivity index (χ0n) is 43.6. The predicted molar refractivity (Wildman–Crippen MR) is 279 cm³/mol. The van der Waals surface area contributed by atoms with E-state index in [0.29, 0.717) is 19.3 Å². The lowest BCUT2D eigenvalue weighted by Crippen LogP contribution is -2.30. The van der Waals surface area contributed by atoms with E-state index in [4.69, 9.17) is 23.3 Å². The van der Waals surface area contributed by atoms with E-state index in [2.05, 4.69) is 69.4 Å². The van der Waals surface area contributed by atoms with Crippen molar-refractivity contribution in [2.75, 3.05) is 26.4 Å². The van der Waals surface area contributed by atoms with E-state index in [1.807, 2.05) is 0 Å². The fourth-order valence-electron chi connectivity index (χ4n) is 7.49. The van der Waals surface area contributed by atoms with Crippen LogP contribution in [0.4, 0.5) is 0 Å². The van der Waals surface area contributed by atoms with Crippen molar-refractivity contribution in [2.45, 2.75) is 264 Å². The van der Waals surface area contributed by atoms with E-state index in [0.717, 1.165) is 109 Å². The predicted octanol–water partition coefficient (Wildman–Crippen LogP) is 15.8. The molecule has 0 fully saturated rings. The van der Waals surface area contributed by atoms with Gasteiger partial charge in [-0.15, -0.1) is 0 Å². The fourth-order valence-corrected chi connectivity index (χ4v) is 8.27. The number of rotatable bonds is 51. The molecule has 0 rings (SSSR count). The molecule has 2 N–H and O–H groups in total. The van der Waals surface area contributed by atoms with Gasteiger partial charge in [0, 0.05) is 19.3 Å². The third kappa shape index (κ3) is 48.5. The molecule has 0 aromatic rings. The van der Waals surface area contributed by atoms with Gasteiger partial charge in [0.1, 0.15) is 12.7 Å². The van der Waals surface area contributed by atoms with Gasteiger partial charge in [-0.25, -0.2) is 4.57 Å². The van der Waals surface area contributed by atoms with Crippen LogP contribution in [0, 0.1) is 0 Å². The van der Waals surface area contributed by atoms with Crippen LogP contribution < -0.4 is 0 Å². The third-order valence-electron chi connectivity index (χ3n) is 11.7. The average Bonchev–Trinajstić information content (AvgIpc) is 3.32. The van der Waals surface area contributed by atoms with Gasteiger partial charge in [-0.2, -0.15) is 0 Å². The second-order valence-electron chi connectivity index (χ2n) is 18.4. The number of allylic oxidation sites excluding steroid dienone is 8.